The van der Waals surface area contributed by atoms with Crippen molar-refractivity contribution >= 4 is 23.3 Å². The summed E-state index contributed by atoms with van der Waals surface area (Å²) in [6.07, 6.45) is 1.37. The fraction of sp³-hybridized carbons (Fsp3) is 0.364. The van der Waals surface area contributed by atoms with Gasteiger partial charge in [0.25, 0.3) is 0 Å². The van der Waals surface area contributed by atoms with E-state index in [9.17, 15) is 9.18 Å². The molecule has 0 spiro atoms. The Labute approximate surface area is 97.2 Å². The number of halogens is 2. The highest BCUT2D eigenvalue weighted by Gasteiger charge is 2.36. The predicted molar refractivity (Wildman–Crippen MR) is 59.2 cm³/mol. The van der Waals surface area contributed by atoms with Crippen molar-refractivity contribution in [1.29, 1.82) is 0 Å². The number of anilines is 1. The number of aliphatic carboxylic acids is 1. The summed E-state index contributed by atoms with van der Waals surface area (Å²) in [4.78, 5) is 10.8. The van der Waals surface area contributed by atoms with E-state index in [0.717, 1.165) is 6.42 Å². The van der Waals surface area contributed by atoms with E-state index >= 15 is 0 Å². The monoisotopic (exact) mass is 243 g/mol. The van der Waals surface area contributed by atoms with Gasteiger partial charge in [0, 0.05) is 11.1 Å². The molecule has 1 aromatic rings. The molecule has 16 heavy (non-hydrogen) atoms. The van der Waals surface area contributed by atoms with E-state index < -0.39 is 17.7 Å². The molecule has 0 heterocycles. The van der Waals surface area contributed by atoms with Gasteiger partial charge in [0.15, 0.2) is 0 Å². The molecule has 0 radical (unpaired) electrons. The summed E-state index contributed by atoms with van der Waals surface area (Å²) in [6.45, 7) is 0. The number of rotatable bonds is 3. The molecule has 86 valence electrons. The van der Waals surface area contributed by atoms with Gasteiger partial charge in [-0.1, -0.05) is 11.6 Å². The van der Waals surface area contributed by atoms with Crippen LogP contribution in [0, 0.1) is 11.7 Å². The highest BCUT2D eigenvalue weighted by Crippen LogP contribution is 2.32. The van der Waals surface area contributed by atoms with E-state index in [-0.39, 0.29) is 11.7 Å². The summed E-state index contributed by atoms with van der Waals surface area (Å²) < 4.78 is 13.3. The number of hydrogen-bond donors (Lipinski definition) is 2. The molecule has 2 rings (SSSR count). The molecular formula is C11H11ClFNO2. The van der Waals surface area contributed by atoms with E-state index in [1.54, 1.807) is 0 Å². The maximum atomic E-state index is 13.3. The van der Waals surface area contributed by atoms with Crippen molar-refractivity contribution in [3.8, 4) is 0 Å². The molecular weight excluding hydrogens is 233 g/mol. The number of hydrogen-bond acceptors (Lipinski definition) is 2. The van der Waals surface area contributed by atoms with Crippen molar-refractivity contribution in [2.24, 2.45) is 5.92 Å². The summed E-state index contributed by atoms with van der Waals surface area (Å²) in [5, 5.41) is 12.2. The lowest BCUT2D eigenvalue weighted by Gasteiger charge is -2.34. The van der Waals surface area contributed by atoms with Crippen molar-refractivity contribution < 1.29 is 14.3 Å². The second kappa shape index (κ2) is 4.29. The topological polar surface area (TPSA) is 49.3 Å². The van der Waals surface area contributed by atoms with Gasteiger partial charge in [-0.15, -0.1) is 0 Å². The average Bonchev–Trinajstić information content (AvgIpc) is 2.16. The molecule has 1 aromatic carbocycles. The average molecular weight is 244 g/mol. The Bertz CT molecular complexity index is 424. The van der Waals surface area contributed by atoms with Gasteiger partial charge in [0.1, 0.15) is 5.82 Å². The first-order valence-corrected chi connectivity index (χ1v) is 5.40. The molecule has 2 unspecified atom stereocenters. The summed E-state index contributed by atoms with van der Waals surface area (Å²) in [6, 6.07) is 3.98. The van der Waals surface area contributed by atoms with Gasteiger partial charge < -0.3 is 10.4 Å². The SMILES string of the molecule is O=C(O)C1CCC1Nc1cc(Cl)ccc1F. The lowest BCUT2D eigenvalue weighted by Crippen LogP contribution is -2.43. The summed E-state index contributed by atoms with van der Waals surface area (Å²) in [7, 11) is 0. The molecule has 1 aliphatic rings. The third kappa shape index (κ3) is 2.11. The summed E-state index contributed by atoms with van der Waals surface area (Å²) in [5.41, 5.74) is 0.267. The maximum absolute atomic E-state index is 13.3. The van der Waals surface area contributed by atoms with Crippen LogP contribution in [-0.2, 0) is 4.79 Å². The van der Waals surface area contributed by atoms with Crippen molar-refractivity contribution in [3.05, 3.63) is 29.0 Å². The fourth-order valence-corrected chi connectivity index (χ4v) is 1.95. The minimum atomic E-state index is -0.841. The van der Waals surface area contributed by atoms with Crippen LogP contribution in [0.25, 0.3) is 0 Å². The smallest absolute Gasteiger partial charge is 0.308 e. The minimum Gasteiger partial charge on any atom is -0.481 e. The van der Waals surface area contributed by atoms with E-state index in [0.29, 0.717) is 11.4 Å². The van der Waals surface area contributed by atoms with E-state index in [4.69, 9.17) is 16.7 Å². The normalized spacial score (nSPS) is 23.6. The molecule has 5 heteroatoms. The predicted octanol–water partition coefficient (Wildman–Crippen LogP) is 2.75. The lowest BCUT2D eigenvalue weighted by molar-refractivity contribution is -0.144. The van der Waals surface area contributed by atoms with E-state index in [2.05, 4.69) is 5.32 Å². The van der Waals surface area contributed by atoms with Crippen LogP contribution in [-0.4, -0.2) is 17.1 Å². The van der Waals surface area contributed by atoms with Crippen molar-refractivity contribution in [2.75, 3.05) is 5.32 Å². The Hall–Kier alpha value is -1.29. The summed E-state index contributed by atoms with van der Waals surface area (Å²) in [5.74, 6) is -1.69. The Morgan fingerprint density at radius 3 is 2.81 bits per heavy atom. The Kier molecular flexibility index (Phi) is 3.01. The standard InChI is InChI=1S/C11H11ClFNO2/c12-6-1-3-8(13)10(5-6)14-9-4-2-7(9)11(15)16/h1,3,5,7,9,14H,2,4H2,(H,15,16). The second-order valence-electron chi connectivity index (χ2n) is 3.90. The zero-order valence-electron chi connectivity index (χ0n) is 8.41. The van der Waals surface area contributed by atoms with Crippen molar-refractivity contribution in [1.82, 2.24) is 0 Å². The van der Waals surface area contributed by atoms with Crippen LogP contribution in [0.3, 0.4) is 0 Å². The first kappa shape index (κ1) is 11.2. The van der Waals surface area contributed by atoms with Crippen LogP contribution in [0.5, 0.6) is 0 Å². The van der Waals surface area contributed by atoms with Gasteiger partial charge in [0.2, 0.25) is 0 Å². The lowest BCUT2D eigenvalue weighted by atomic mass is 9.79. The minimum absolute atomic E-state index is 0.203. The number of benzene rings is 1. The molecule has 1 saturated carbocycles. The maximum Gasteiger partial charge on any atom is 0.308 e. The van der Waals surface area contributed by atoms with E-state index in [1.807, 2.05) is 0 Å². The quantitative estimate of drug-likeness (QED) is 0.858. The molecule has 1 aliphatic carbocycles. The number of carboxylic acids is 1. The van der Waals surface area contributed by atoms with Crippen LogP contribution in [0.2, 0.25) is 5.02 Å². The summed E-state index contributed by atoms with van der Waals surface area (Å²) >= 11 is 5.74. The molecule has 3 nitrogen and oxygen atoms in total. The molecule has 0 amide bonds. The van der Waals surface area contributed by atoms with Crippen LogP contribution in [0.1, 0.15) is 12.8 Å². The van der Waals surface area contributed by atoms with Gasteiger partial charge in [-0.25, -0.2) is 4.39 Å². The number of carbonyl (C=O) groups is 1. The van der Waals surface area contributed by atoms with Crippen molar-refractivity contribution in [2.45, 2.75) is 18.9 Å². The zero-order valence-corrected chi connectivity index (χ0v) is 9.17. The third-order valence-electron chi connectivity index (χ3n) is 2.86. The molecule has 0 saturated heterocycles. The first-order valence-electron chi connectivity index (χ1n) is 5.02. The third-order valence-corrected chi connectivity index (χ3v) is 3.10. The second-order valence-corrected chi connectivity index (χ2v) is 4.33. The number of carboxylic acid groups (broad SMARTS) is 1. The molecule has 2 N–H and O–H groups in total. The van der Waals surface area contributed by atoms with Crippen LogP contribution < -0.4 is 5.32 Å². The molecule has 2 atom stereocenters. The van der Waals surface area contributed by atoms with Crippen LogP contribution >= 0.6 is 11.6 Å². The van der Waals surface area contributed by atoms with Crippen LogP contribution in [0.4, 0.5) is 10.1 Å². The Morgan fingerprint density at radius 2 is 2.25 bits per heavy atom. The Morgan fingerprint density at radius 1 is 1.50 bits per heavy atom. The largest absolute Gasteiger partial charge is 0.481 e. The zero-order chi connectivity index (χ0) is 11.7. The highest BCUT2D eigenvalue weighted by atomic mass is 35.5. The van der Waals surface area contributed by atoms with Gasteiger partial charge in [-0.2, -0.15) is 0 Å². The molecule has 0 bridgehead atoms. The van der Waals surface area contributed by atoms with Gasteiger partial charge >= 0.3 is 5.97 Å². The fourth-order valence-electron chi connectivity index (χ4n) is 1.78. The van der Waals surface area contributed by atoms with Crippen molar-refractivity contribution in [3.63, 3.8) is 0 Å². The molecule has 1 fully saturated rings. The van der Waals surface area contributed by atoms with Gasteiger partial charge in [-0.3, -0.25) is 4.79 Å². The van der Waals surface area contributed by atoms with Gasteiger partial charge in [-0.05, 0) is 31.0 Å². The number of nitrogens with one attached hydrogen (secondary N) is 1. The van der Waals surface area contributed by atoms with Crippen LogP contribution in [0.15, 0.2) is 18.2 Å². The molecule has 0 aromatic heterocycles. The Balaban J connectivity index is 2.09. The molecule has 0 aliphatic heterocycles. The first-order chi connectivity index (χ1) is 7.58. The van der Waals surface area contributed by atoms with E-state index in [1.165, 1.54) is 18.2 Å². The highest BCUT2D eigenvalue weighted by molar-refractivity contribution is 6.30. The van der Waals surface area contributed by atoms with Gasteiger partial charge in [0.05, 0.1) is 11.6 Å².